The second-order valence-corrected chi connectivity index (χ2v) is 6.84. The number of anilines is 3. The van der Waals surface area contributed by atoms with Crippen molar-refractivity contribution in [3.63, 3.8) is 0 Å². The Balaban J connectivity index is 1.65. The van der Waals surface area contributed by atoms with Crippen molar-refractivity contribution >= 4 is 29.6 Å². The zero-order chi connectivity index (χ0) is 21.0. The molecule has 29 heavy (non-hydrogen) atoms. The molecule has 1 aliphatic heterocycles. The van der Waals surface area contributed by atoms with E-state index in [1.54, 1.807) is 18.6 Å². The largest absolute Gasteiger partial charge is 0.386 e. The summed E-state index contributed by atoms with van der Waals surface area (Å²) in [7, 11) is 1.83. The van der Waals surface area contributed by atoms with Gasteiger partial charge in [0.2, 0.25) is 11.9 Å². The number of carbonyl (C=O) groups excluding carboxylic acids is 1. The van der Waals surface area contributed by atoms with Crippen molar-refractivity contribution in [1.82, 2.24) is 25.3 Å². The van der Waals surface area contributed by atoms with Gasteiger partial charge in [-0.2, -0.15) is 4.98 Å². The Morgan fingerprint density at radius 1 is 1.31 bits per heavy atom. The van der Waals surface area contributed by atoms with Crippen LogP contribution < -0.4 is 20.9 Å². The van der Waals surface area contributed by atoms with Crippen LogP contribution >= 0.6 is 0 Å². The molecule has 0 radical (unpaired) electrons. The van der Waals surface area contributed by atoms with Crippen molar-refractivity contribution in [1.29, 1.82) is 5.41 Å². The van der Waals surface area contributed by atoms with E-state index >= 15 is 0 Å². The SMILES string of the molecule is Cc1ncc(CN/C=C(\C=N)CNc2nc(C)c3c(n2)N(C)[C@@H](C)C(=O)N3)cn1. The maximum absolute atomic E-state index is 12.0. The molecule has 0 saturated heterocycles. The van der Waals surface area contributed by atoms with E-state index in [4.69, 9.17) is 5.41 Å². The second-order valence-electron chi connectivity index (χ2n) is 6.84. The predicted molar refractivity (Wildman–Crippen MR) is 112 cm³/mol. The molecule has 152 valence electrons. The van der Waals surface area contributed by atoms with Crippen molar-refractivity contribution in [3.8, 4) is 0 Å². The van der Waals surface area contributed by atoms with Gasteiger partial charge in [0.1, 0.15) is 17.6 Å². The third-order valence-corrected chi connectivity index (χ3v) is 4.68. The number of hydrogen-bond acceptors (Lipinski definition) is 9. The fourth-order valence-corrected chi connectivity index (χ4v) is 2.76. The van der Waals surface area contributed by atoms with Gasteiger partial charge in [-0.3, -0.25) is 4.79 Å². The lowest BCUT2D eigenvalue weighted by molar-refractivity contribution is -0.117. The molecule has 0 aromatic carbocycles. The quantitative estimate of drug-likeness (QED) is 0.517. The summed E-state index contributed by atoms with van der Waals surface area (Å²) in [6.45, 7) is 6.43. The van der Waals surface area contributed by atoms with E-state index in [-0.39, 0.29) is 11.9 Å². The van der Waals surface area contributed by atoms with E-state index in [0.29, 0.717) is 36.2 Å². The van der Waals surface area contributed by atoms with E-state index < -0.39 is 0 Å². The molecule has 0 unspecified atom stereocenters. The van der Waals surface area contributed by atoms with Crippen LogP contribution in [0.15, 0.2) is 24.2 Å². The van der Waals surface area contributed by atoms with Crippen molar-refractivity contribution in [2.45, 2.75) is 33.4 Å². The predicted octanol–water partition coefficient (Wildman–Crippen LogP) is 1.40. The summed E-state index contributed by atoms with van der Waals surface area (Å²) in [6.07, 6.45) is 6.57. The molecule has 10 nitrogen and oxygen atoms in total. The minimum absolute atomic E-state index is 0.0773. The van der Waals surface area contributed by atoms with Gasteiger partial charge in [-0.05, 0) is 20.8 Å². The van der Waals surface area contributed by atoms with Crippen LogP contribution in [-0.2, 0) is 11.3 Å². The van der Waals surface area contributed by atoms with Crippen LogP contribution in [0.5, 0.6) is 0 Å². The first kappa shape index (κ1) is 20.2. The van der Waals surface area contributed by atoms with Gasteiger partial charge in [-0.15, -0.1) is 0 Å². The number of aryl methyl sites for hydroxylation is 2. The number of rotatable bonds is 7. The van der Waals surface area contributed by atoms with Gasteiger partial charge < -0.3 is 26.3 Å². The fourth-order valence-electron chi connectivity index (χ4n) is 2.76. The fraction of sp³-hybridized carbons (Fsp3) is 0.368. The number of carbonyl (C=O) groups is 1. The highest BCUT2D eigenvalue weighted by molar-refractivity contribution is 6.03. The summed E-state index contributed by atoms with van der Waals surface area (Å²) in [5, 5.41) is 16.8. The Hall–Kier alpha value is -3.56. The number of hydrogen-bond donors (Lipinski definition) is 4. The summed E-state index contributed by atoms with van der Waals surface area (Å²) < 4.78 is 0. The van der Waals surface area contributed by atoms with Gasteiger partial charge in [-0.25, -0.2) is 15.0 Å². The van der Waals surface area contributed by atoms with Gasteiger partial charge in [0, 0.05) is 56.1 Å². The van der Waals surface area contributed by atoms with Gasteiger partial charge >= 0.3 is 0 Å². The van der Waals surface area contributed by atoms with E-state index in [1.165, 1.54) is 6.21 Å². The molecule has 1 aliphatic rings. The highest BCUT2D eigenvalue weighted by Crippen LogP contribution is 2.31. The summed E-state index contributed by atoms with van der Waals surface area (Å²) >= 11 is 0. The Morgan fingerprint density at radius 2 is 2.03 bits per heavy atom. The molecule has 0 bridgehead atoms. The van der Waals surface area contributed by atoms with Crippen LogP contribution in [-0.4, -0.2) is 51.7 Å². The first-order valence-electron chi connectivity index (χ1n) is 9.25. The van der Waals surface area contributed by atoms with Crippen LogP contribution in [0.1, 0.15) is 24.0 Å². The van der Waals surface area contributed by atoms with Crippen molar-refractivity contribution < 1.29 is 4.79 Å². The number of likely N-dealkylation sites (N-methyl/N-ethyl adjacent to an activating group) is 1. The van der Waals surface area contributed by atoms with Crippen LogP contribution in [0.2, 0.25) is 0 Å². The molecule has 0 saturated carbocycles. The molecular weight excluding hydrogens is 370 g/mol. The Labute approximate surface area is 169 Å². The van der Waals surface area contributed by atoms with Gasteiger partial charge in [0.15, 0.2) is 5.82 Å². The van der Waals surface area contributed by atoms with Crippen LogP contribution in [0.25, 0.3) is 0 Å². The second kappa shape index (κ2) is 8.63. The van der Waals surface area contributed by atoms with Gasteiger partial charge in [-0.1, -0.05) is 0 Å². The lowest BCUT2D eigenvalue weighted by Crippen LogP contribution is -2.44. The maximum atomic E-state index is 12.0. The van der Waals surface area contributed by atoms with Crippen molar-refractivity contribution in [3.05, 3.63) is 41.2 Å². The zero-order valence-electron chi connectivity index (χ0n) is 16.9. The third kappa shape index (κ3) is 4.65. The van der Waals surface area contributed by atoms with E-state index in [2.05, 4.69) is 35.9 Å². The summed E-state index contributed by atoms with van der Waals surface area (Å²) in [5.74, 6) is 1.77. The van der Waals surface area contributed by atoms with E-state index in [9.17, 15) is 4.79 Å². The number of nitrogens with zero attached hydrogens (tertiary/aromatic N) is 5. The topological polar surface area (TPSA) is 132 Å². The molecule has 0 fully saturated rings. The molecule has 2 aromatic heterocycles. The Kier molecular flexibility index (Phi) is 6.01. The molecule has 2 aromatic rings. The average Bonchev–Trinajstić information content (AvgIpc) is 2.71. The molecule has 4 N–H and O–H groups in total. The van der Waals surface area contributed by atoms with Crippen LogP contribution in [0.3, 0.4) is 0 Å². The molecule has 0 aliphatic carbocycles. The molecular formula is C19H25N9O. The van der Waals surface area contributed by atoms with Crippen LogP contribution in [0.4, 0.5) is 17.5 Å². The lowest BCUT2D eigenvalue weighted by Gasteiger charge is -2.32. The highest BCUT2D eigenvalue weighted by Gasteiger charge is 2.30. The van der Waals surface area contributed by atoms with Crippen LogP contribution in [0, 0.1) is 19.3 Å². The molecule has 10 heteroatoms. The number of fused-ring (bicyclic) bond motifs is 1. The molecule has 3 rings (SSSR count). The first-order valence-corrected chi connectivity index (χ1v) is 9.25. The standard InChI is InChI=1S/C19H25N9O/c1-11-16-17(28(4)12(2)18(29)26-16)27-19(25-11)24-8-14(5-20)6-21-7-15-9-22-13(3)23-10-15/h5-6,9-10,12,20-21H,7-8H2,1-4H3,(H,26,29)(H,24,25,27)/b14-6+,20-5?/t12-/m0/s1. The average molecular weight is 395 g/mol. The lowest BCUT2D eigenvalue weighted by atomic mass is 10.2. The summed E-state index contributed by atoms with van der Waals surface area (Å²) in [6, 6.07) is -0.309. The smallest absolute Gasteiger partial charge is 0.246 e. The van der Waals surface area contributed by atoms with E-state index in [0.717, 1.165) is 17.0 Å². The zero-order valence-corrected chi connectivity index (χ0v) is 16.9. The number of amides is 1. The van der Waals surface area contributed by atoms with E-state index in [1.807, 2.05) is 32.7 Å². The minimum Gasteiger partial charge on any atom is -0.386 e. The third-order valence-electron chi connectivity index (χ3n) is 4.68. The molecule has 1 atom stereocenters. The molecule has 3 heterocycles. The van der Waals surface area contributed by atoms with Gasteiger partial charge in [0.25, 0.3) is 0 Å². The Morgan fingerprint density at radius 3 is 2.72 bits per heavy atom. The van der Waals surface area contributed by atoms with Crippen molar-refractivity contribution in [2.24, 2.45) is 0 Å². The molecule has 0 spiro atoms. The highest BCUT2D eigenvalue weighted by atomic mass is 16.2. The van der Waals surface area contributed by atoms with Gasteiger partial charge in [0.05, 0.1) is 5.69 Å². The normalized spacial score (nSPS) is 16.1. The Bertz CT molecular complexity index is 939. The minimum atomic E-state index is -0.309. The summed E-state index contributed by atoms with van der Waals surface area (Å²) in [5.41, 5.74) is 3.00. The molecule has 1 amide bonds. The first-order chi connectivity index (χ1) is 13.9. The number of aromatic nitrogens is 4. The summed E-state index contributed by atoms with van der Waals surface area (Å²) in [4.78, 5) is 31.1. The maximum Gasteiger partial charge on any atom is 0.246 e. The monoisotopic (exact) mass is 395 g/mol. The number of nitrogens with one attached hydrogen (secondary N) is 4. The van der Waals surface area contributed by atoms with Crippen molar-refractivity contribution in [2.75, 3.05) is 29.1 Å².